The Morgan fingerprint density at radius 3 is 2.58 bits per heavy atom. The van der Waals surface area contributed by atoms with E-state index in [1.165, 1.54) is 56.1 Å². The van der Waals surface area contributed by atoms with Crippen molar-refractivity contribution in [2.75, 3.05) is 0 Å². The lowest BCUT2D eigenvalue weighted by Gasteiger charge is -2.59. The summed E-state index contributed by atoms with van der Waals surface area (Å²) in [5.41, 5.74) is 3.15. The van der Waals surface area contributed by atoms with Gasteiger partial charge in [0.2, 0.25) is 0 Å². The van der Waals surface area contributed by atoms with E-state index in [1.807, 2.05) is 0 Å². The Morgan fingerprint density at radius 1 is 1.16 bits per heavy atom. The number of ketones is 1. The molecule has 5 aliphatic carbocycles. The second kappa shape index (κ2) is 7.31. The van der Waals surface area contributed by atoms with E-state index in [9.17, 15) is 9.90 Å². The van der Waals surface area contributed by atoms with Crippen LogP contribution in [0, 0.1) is 45.8 Å². The standard InChI is InChI=1S/C29H44O2/c1-18(2)7-6-8-19(3)21-10-11-22-20-9-12-25-28(5,23(20)13-14-27(21,22)4)17-24(30)26(31)29(25)15-16-29/h7,12,19-24,30H,6,8-11,13-17H2,1-5H3/t19-,20+,21-,22+,23+,24?,27-,28-/m1/s1. The van der Waals surface area contributed by atoms with Gasteiger partial charge in [-0.25, -0.2) is 0 Å². The normalized spacial score (nSPS) is 45.9. The molecule has 0 heterocycles. The molecular weight excluding hydrogens is 380 g/mol. The number of rotatable bonds is 4. The first-order valence-electron chi connectivity index (χ1n) is 13.2. The van der Waals surface area contributed by atoms with Crippen molar-refractivity contribution >= 4 is 5.78 Å². The first-order valence-corrected chi connectivity index (χ1v) is 13.2. The van der Waals surface area contributed by atoms with Crippen LogP contribution in [-0.2, 0) is 4.79 Å². The number of carbonyl (C=O) groups is 1. The third kappa shape index (κ3) is 3.10. The van der Waals surface area contributed by atoms with E-state index in [0.717, 1.165) is 36.5 Å². The minimum atomic E-state index is -0.733. The quantitative estimate of drug-likeness (QED) is 0.500. The average Bonchev–Trinajstić information content (AvgIpc) is 3.40. The van der Waals surface area contributed by atoms with Crippen molar-refractivity contribution in [1.29, 1.82) is 0 Å². The molecule has 0 saturated heterocycles. The molecule has 0 bridgehead atoms. The second-order valence-corrected chi connectivity index (χ2v) is 12.9. The highest BCUT2D eigenvalue weighted by molar-refractivity contribution is 5.95. The molecule has 2 nitrogen and oxygen atoms in total. The molecule has 1 spiro atoms. The van der Waals surface area contributed by atoms with Crippen molar-refractivity contribution in [1.82, 2.24) is 0 Å². The fraction of sp³-hybridized carbons (Fsp3) is 0.828. The first-order chi connectivity index (χ1) is 14.6. The Bertz CT molecular complexity index is 813. The molecule has 0 aromatic carbocycles. The monoisotopic (exact) mass is 424 g/mol. The molecule has 0 aliphatic heterocycles. The predicted octanol–water partition coefficient (Wildman–Crippen LogP) is 6.88. The van der Waals surface area contributed by atoms with Crippen LogP contribution in [0.25, 0.3) is 0 Å². The van der Waals surface area contributed by atoms with Crippen molar-refractivity contribution in [2.24, 2.45) is 45.8 Å². The molecule has 1 N–H and O–H groups in total. The summed E-state index contributed by atoms with van der Waals surface area (Å²) in [6, 6.07) is 0. The maximum Gasteiger partial charge on any atom is 0.171 e. The Kier molecular flexibility index (Phi) is 5.17. The van der Waals surface area contributed by atoms with E-state index in [0.29, 0.717) is 17.8 Å². The van der Waals surface area contributed by atoms with Gasteiger partial charge in [-0.1, -0.05) is 44.1 Å². The van der Waals surface area contributed by atoms with E-state index in [-0.39, 0.29) is 16.6 Å². The summed E-state index contributed by atoms with van der Waals surface area (Å²) < 4.78 is 0. The van der Waals surface area contributed by atoms with Crippen LogP contribution in [-0.4, -0.2) is 17.0 Å². The van der Waals surface area contributed by atoms with Crippen molar-refractivity contribution in [3.8, 4) is 0 Å². The number of Topliss-reactive ketones (excluding diaryl/α,β-unsaturated/α-hetero) is 1. The highest BCUT2D eigenvalue weighted by Gasteiger charge is 2.67. The summed E-state index contributed by atoms with van der Waals surface area (Å²) in [5, 5.41) is 10.7. The summed E-state index contributed by atoms with van der Waals surface area (Å²) in [7, 11) is 0. The number of hydrogen-bond acceptors (Lipinski definition) is 2. The van der Waals surface area contributed by atoms with Gasteiger partial charge in [0.15, 0.2) is 5.78 Å². The van der Waals surface area contributed by atoms with Crippen LogP contribution >= 0.6 is 0 Å². The lowest BCUT2D eigenvalue weighted by atomic mass is 9.45. The van der Waals surface area contributed by atoms with Gasteiger partial charge in [0.05, 0.1) is 5.41 Å². The molecule has 4 fully saturated rings. The second-order valence-electron chi connectivity index (χ2n) is 12.9. The van der Waals surface area contributed by atoms with E-state index in [2.05, 4.69) is 46.8 Å². The van der Waals surface area contributed by atoms with Gasteiger partial charge in [0.25, 0.3) is 0 Å². The minimum absolute atomic E-state index is 0.0429. The van der Waals surface area contributed by atoms with E-state index >= 15 is 0 Å². The molecule has 5 rings (SSSR count). The largest absolute Gasteiger partial charge is 0.385 e. The molecule has 0 aromatic heterocycles. The van der Waals surface area contributed by atoms with E-state index in [1.54, 1.807) is 0 Å². The van der Waals surface area contributed by atoms with Gasteiger partial charge >= 0.3 is 0 Å². The average molecular weight is 425 g/mol. The molecule has 0 aromatic rings. The van der Waals surface area contributed by atoms with Crippen molar-refractivity contribution < 1.29 is 9.90 Å². The predicted molar refractivity (Wildman–Crippen MR) is 126 cm³/mol. The topological polar surface area (TPSA) is 37.3 Å². The Balaban J connectivity index is 1.39. The molecule has 8 atom stereocenters. The van der Waals surface area contributed by atoms with Crippen LogP contribution in [0.4, 0.5) is 0 Å². The number of hydrogen-bond donors (Lipinski definition) is 1. The first kappa shape index (κ1) is 21.9. The Morgan fingerprint density at radius 2 is 1.90 bits per heavy atom. The van der Waals surface area contributed by atoms with E-state index < -0.39 is 6.10 Å². The van der Waals surface area contributed by atoms with Gasteiger partial charge in [-0.05, 0) is 118 Å². The summed E-state index contributed by atoms with van der Waals surface area (Å²) in [5.74, 6) is 4.03. The maximum atomic E-state index is 12.9. The van der Waals surface area contributed by atoms with Crippen LogP contribution in [0.3, 0.4) is 0 Å². The van der Waals surface area contributed by atoms with Gasteiger partial charge in [0, 0.05) is 0 Å². The van der Waals surface area contributed by atoms with Crippen LogP contribution < -0.4 is 0 Å². The number of carbonyl (C=O) groups excluding carboxylic acids is 1. The highest BCUT2D eigenvalue weighted by atomic mass is 16.3. The molecule has 5 aliphatic rings. The van der Waals surface area contributed by atoms with Crippen LogP contribution in [0.5, 0.6) is 0 Å². The van der Waals surface area contributed by atoms with Crippen molar-refractivity contribution in [2.45, 2.75) is 105 Å². The lowest BCUT2D eigenvalue weighted by Crippen LogP contribution is -2.55. The van der Waals surface area contributed by atoms with Crippen LogP contribution in [0.1, 0.15) is 98.8 Å². The molecule has 2 heteroatoms. The van der Waals surface area contributed by atoms with Crippen molar-refractivity contribution in [3.05, 3.63) is 23.3 Å². The molecular formula is C29H44O2. The zero-order valence-electron chi connectivity index (χ0n) is 20.5. The number of aliphatic hydroxyl groups excluding tert-OH is 1. The van der Waals surface area contributed by atoms with Crippen molar-refractivity contribution in [3.63, 3.8) is 0 Å². The number of fused-ring (bicyclic) bond motifs is 6. The zero-order valence-corrected chi connectivity index (χ0v) is 20.5. The SMILES string of the molecule is CC(C)=CCC[C@@H](C)[C@H]1CC[C@H]2[C@@H]3CC=C4C5(CC5)C(=O)C(O)C[C@]4(C)[C@H]3CC[C@]12C. The minimum Gasteiger partial charge on any atom is -0.385 e. The fourth-order valence-electron chi connectivity index (χ4n) is 9.50. The lowest BCUT2D eigenvalue weighted by molar-refractivity contribution is -0.141. The van der Waals surface area contributed by atoms with Crippen LogP contribution in [0.15, 0.2) is 23.3 Å². The molecule has 0 radical (unpaired) electrons. The summed E-state index contributed by atoms with van der Waals surface area (Å²) >= 11 is 0. The van der Waals surface area contributed by atoms with Gasteiger partial charge in [-0.2, -0.15) is 0 Å². The summed E-state index contributed by atoms with van der Waals surface area (Å²) in [6.07, 6.45) is 16.0. The van der Waals surface area contributed by atoms with Gasteiger partial charge in [-0.15, -0.1) is 0 Å². The van der Waals surface area contributed by atoms with Crippen LogP contribution in [0.2, 0.25) is 0 Å². The zero-order chi connectivity index (χ0) is 22.2. The Hall–Kier alpha value is -0.890. The number of aliphatic hydroxyl groups is 1. The smallest absolute Gasteiger partial charge is 0.171 e. The third-order valence-electron chi connectivity index (χ3n) is 11.1. The summed E-state index contributed by atoms with van der Waals surface area (Å²) in [4.78, 5) is 12.9. The molecule has 4 saturated carbocycles. The molecule has 0 amide bonds. The summed E-state index contributed by atoms with van der Waals surface area (Å²) in [6.45, 7) is 12.0. The molecule has 172 valence electrons. The van der Waals surface area contributed by atoms with Gasteiger partial charge < -0.3 is 5.11 Å². The highest BCUT2D eigenvalue weighted by Crippen LogP contribution is 2.72. The molecule has 31 heavy (non-hydrogen) atoms. The molecule has 1 unspecified atom stereocenters. The van der Waals surface area contributed by atoms with Gasteiger partial charge in [-0.3, -0.25) is 4.79 Å². The number of allylic oxidation sites excluding steroid dienone is 4. The van der Waals surface area contributed by atoms with E-state index in [4.69, 9.17) is 0 Å². The Labute approximate surface area is 190 Å². The maximum absolute atomic E-state index is 12.9. The van der Waals surface area contributed by atoms with Gasteiger partial charge in [0.1, 0.15) is 6.10 Å². The fourth-order valence-corrected chi connectivity index (χ4v) is 9.50. The third-order valence-corrected chi connectivity index (χ3v) is 11.1.